The molecule has 0 radical (unpaired) electrons. The molecule has 0 spiro atoms. The van der Waals surface area contributed by atoms with E-state index >= 15 is 0 Å². The second-order valence-electron chi connectivity index (χ2n) is 4.23. The third kappa shape index (κ3) is 1.34. The normalized spacial score (nSPS) is 38.3. The molecule has 0 amide bonds. The molecule has 0 nitrogen and oxygen atoms in total. The molecule has 0 aromatic heterocycles. The molecular weight excluding hydrogens is 136 g/mol. The first-order valence-corrected chi connectivity index (χ1v) is 5.37. The lowest BCUT2D eigenvalue weighted by Gasteiger charge is -2.36. The molecule has 58 valence electrons. The van der Waals surface area contributed by atoms with E-state index < -0.39 is 0 Å². The molecular formula is C9H18Si. The number of hydrogen-bond acceptors (Lipinski definition) is 0. The predicted molar refractivity (Wildman–Crippen MR) is 50.4 cm³/mol. The van der Waals surface area contributed by atoms with Crippen molar-refractivity contribution in [2.24, 2.45) is 11.3 Å². The Bertz CT molecular complexity index is 147. The van der Waals surface area contributed by atoms with Gasteiger partial charge >= 0.3 is 0 Å². The molecule has 10 heavy (non-hydrogen) atoms. The standard InChI is InChI=1S/C9H18Si/c1-7-8(10)5-4-6-9(7,2)3/h4,6-8H,5H2,1-3,10H3. The van der Waals surface area contributed by atoms with Gasteiger partial charge in [-0.15, -0.1) is 0 Å². The topological polar surface area (TPSA) is 0 Å². The fourth-order valence-electron chi connectivity index (χ4n) is 1.68. The number of rotatable bonds is 0. The van der Waals surface area contributed by atoms with Crippen LogP contribution in [0.3, 0.4) is 0 Å². The van der Waals surface area contributed by atoms with E-state index in [0.29, 0.717) is 5.41 Å². The van der Waals surface area contributed by atoms with Gasteiger partial charge in [0.05, 0.1) is 0 Å². The van der Waals surface area contributed by atoms with Crippen molar-refractivity contribution in [1.29, 1.82) is 0 Å². The van der Waals surface area contributed by atoms with Crippen LogP contribution in [0.25, 0.3) is 0 Å². The van der Waals surface area contributed by atoms with Crippen molar-refractivity contribution in [2.45, 2.75) is 32.7 Å². The van der Waals surface area contributed by atoms with Gasteiger partial charge in [-0.2, -0.15) is 0 Å². The molecule has 0 aromatic rings. The summed E-state index contributed by atoms with van der Waals surface area (Å²) in [5, 5.41) is 0. The van der Waals surface area contributed by atoms with Crippen LogP contribution in [0.4, 0.5) is 0 Å². The third-order valence-electron chi connectivity index (χ3n) is 3.08. The van der Waals surface area contributed by atoms with Crippen LogP contribution in [0.15, 0.2) is 12.2 Å². The molecule has 0 saturated heterocycles. The fourth-order valence-corrected chi connectivity index (χ4v) is 2.81. The van der Waals surface area contributed by atoms with Crippen molar-refractivity contribution in [3.8, 4) is 0 Å². The summed E-state index contributed by atoms with van der Waals surface area (Å²) >= 11 is 0. The van der Waals surface area contributed by atoms with Crippen LogP contribution in [-0.4, -0.2) is 10.2 Å². The van der Waals surface area contributed by atoms with Crippen molar-refractivity contribution >= 4 is 10.2 Å². The SMILES string of the molecule is CC1C([SiH3])CC=CC1(C)C. The highest BCUT2D eigenvalue weighted by molar-refractivity contribution is 6.12. The predicted octanol–water partition coefficient (Wildman–Crippen LogP) is 1.76. The molecule has 1 heteroatoms. The van der Waals surface area contributed by atoms with Crippen LogP contribution in [0.1, 0.15) is 27.2 Å². The molecule has 2 atom stereocenters. The number of allylic oxidation sites excluding steroid dienone is 2. The Kier molecular flexibility index (Phi) is 2.04. The van der Waals surface area contributed by atoms with Gasteiger partial charge in [-0.1, -0.05) is 32.9 Å². The first-order chi connectivity index (χ1) is 4.54. The van der Waals surface area contributed by atoms with Crippen LogP contribution in [-0.2, 0) is 0 Å². The summed E-state index contributed by atoms with van der Waals surface area (Å²) in [5.74, 6) is 0.893. The summed E-state index contributed by atoms with van der Waals surface area (Å²) in [6, 6.07) is 0. The Labute approximate surface area is 67.1 Å². The maximum atomic E-state index is 2.39. The van der Waals surface area contributed by atoms with Crippen molar-refractivity contribution in [3.63, 3.8) is 0 Å². The Hall–Kier alpha value is -0.0431. The summed E-state index contributed by atoms with van der Waals surface area (Å²) in [4.78, 5) is 0. The van der Waals surface area contributed by atoms with Crippen LogP contribution < -0.4 is 0 Å². The van der Waals surface area contributed by atoms with Gasteiger partial charge in [0.25, 0.3) is 0 Å². The molecule has 1 aliphatic rings. The van der Waals surface area contributed by atoms with Crippen molar-refractivity contribution in [1.82, 2.24) is 0 Å². The van der Waals surface area contributed by atoms with Crippen LogP contribution in [0.5, 0.6) is 0 Å². The zero-order valence-corrected chi connectivity index (χ0v) is 9.52. The molecule has 0 N–H and O–H groups in total. The smallest absolute Gasteiger partial charge is 0.00750 e. The van der Waals surface area contributed by atoms with E-state index in [-0.39, 0.29) is 0 Å². The van der Waals surface area contributed by atoms with E-state index in [2.05, 4.69) is 32.9 Å². The maximum absolute atomic E-state index is 2.39. The van der Waals surface area contributed by atoms with Gasteiger partial charge in [0.1, 0.15) is 0 Å². The molecule has 0 saturated carbocycles. The lowest BCUT2D eigenvalue weighted by Crippen LogP contribution is -2.26. The molecule has 0 bridgehead atoms. The average molecular weight is 154 g/mol. The highest BCUT2D eigenvalue weighted by Gasteiger charge is 2.29. The second kappa shape index (κ2) is 2.53. The Balaban J connectivity index is 2.77. The monoisotopic (exact) mass is 154 g/mol. The van der Waals surface area contributed by atoms with Gasteiger partial charge in [0.15, 0.2) is 0 Å². The van der Waals surface area contributed by atoms with E-state index in [9.17, 15) is 0 Å². The van der Waals surface area contributed by atoms with Crippen molar-refractivity contribution in [3.05, 3.63) is 12.2 Å². The molecule has 0 heterocycles. The second-order valence-corrected chi connectivity index (χ2v) is 5.71. The van der Waals surface area contributed by atoms with Crippen LogP contribution >= 0.6 is 0 Å². The Morgan fingerprint density at radius 3 is 2.50 bits per heavy atom. The van der Waals surface area contributed by atoms with Gasteiger partial charge in [0.2, 0.25) is 0 Å². The summed E-state index contributed by atoms with van der Waals surface area (Å²) < 4.78 is 0. The van der Waals surface area contributed by atoms with Gasteiger partial charge < -0.3 is 0 Å². The fraction of sp³-hybridized carbons (Fsp3) is 0.778. The maximum Gasteiger partial charge on any atom is 0.00750 e. The van der Waals surface area contributed by atoms with E-state index in [1.807, 2.05) is 0 Å². The summed E-state index contributed by atoms with van der Waals surface area (Å²) in [6.45, 7) is 7.08. The molecule has 0 fully saturated rings. The molecule has 1 rings (SSSR count). The zero-order chi connectivity index (χ0) is 7.78. The summed E-state index contributed by atoms with van der Waals surface area (Å²) in [6.07, 6.45) is 6.07. The minimum atomic E-state index is 0.463. The zero-order valence-electron chi connectivity index (χ0n) is 7.52. The first-order valence-electron chi connectivity index (χ1n) is 4.22. The van der Waals surface area contributed by atoms with Crippen LogP contribution in [0.2, 0.25) is 5.54 Å². The Morgan fingerprint density at radius 2 is 2.10 bits per heavy atom. The largest absolute Gasteiger partial charge is 0.0880 e. The van der Waals surface area contributed by atoms with Crippen LogP contribution in [0, 0.1) is 11.3 Å². The van der Waals surface area contributed by atoms with Crippen molar-refractivity contribution in [2.75, 3.05) is 0 Å². The van der Waals surface area contributed by atoms with Crippen molar-refractivity contribution < 1.29 is 0 Å². The van der Waals surface area contributed by atoms with Gasteiger partial charge in [-0.25, -0.2) is 0 Å². The lowest BCUT2D eigenvalue weighted by molar-refractivity contribution is 0.278. The minimum absolute atomic E-state index is 0.463. The van der Waals surface area contributed by atoms with Gasteiger partial charge in [0, 0.05) is 10.2 Å². The van der Waals surface area contributed by atoms with Gasteiger partial charge in [-0.3, -0.25) is 0 Å². The summed E-state index contributed by atoms with van der Waals surface area (Å²) in [7, 11) is 1.35. The van der Waals surface area contributed by atoms with E-state index in [1.165, 1.54) is 16.7 Å². The molecule has 1 aliphatic carbocycles. The molecule has 0 aliphatic heterocycles. The van der Waals surface area contributed by atoms with Gasteiger partial charge in [-0.05, 0) is 23.3 Å². The molecule has 0 aromatic carbocycles. The first kappa shape index (κ1) is 8.06. The average Bonchev–Trinajstić information content (AvgIpc) is 1.83. The quantitative estimate of drug-likeness (QED) is 0.368. The highest BCUT2D eigenvalue weighted by Crippen LogP contribution is 2.40. The van der Waals surface area contributed by atoms with E-state index in [1.54, 1.807) is 0 Å². The lowest BCUT2D eigenvalue weighted by atomic mass is 9.74. The summed E-state index contributed by atoms with van der Waals surface area (Å²) in [5.41, 5.74) is 1.46. The highest BCUT2D eigenvalue weighted by atomic mass is 28.1. The minimum Gasteiger partial charge on any atom is -0.0880 e. The number of hydrogen-bond donors (Lipinski definition) is 0. The Morgan fingerprint density at radius 1 is 1.50 bits per heavy atom. The van der Waals surface area contributed by atoms with E-state index in [4.69, 9.17) is 0 Å². The third-order valence-corrected chi connectivity index (χ3v) is 4.55. The van der Waals surface area contributed by atoms with E-state index in [0.717, 1.165) is 11.5 Å². The molecule has 2 unspecified atom stereocenters.